The van der Waals surface area contributed by atoms with Gasteiger partial charge in [0.1, 0.15) is 24.0 Å². The fraction of sp³-hybridized carbons (Fsp3) is 0.375. The van der Waals surface area contributed by atoms with Gasteiger partial charge in [-0.15, -0.1) is 11.3 Å². The van der Waals surface area contributed by atoms with Crippen molar-refractivity contribution in [2.24, 2.45) is 5.41 Å². The van der Waals surface area contributed by atoms with Gasteiger partial charge in [0.2, 0.25) is 5.95 Å². The average Bonchev–Trinajstić information content (AvgIpc) is 3.67. The van der Waals surface area contributed by atoms with Crippen LogP contribution in [0.5, 0.6) is 11.5 Å². The first kappa shape index (κ1) is 30.4. The first-order valence-corrected chi connectivity index (χ1v) is 15.1. The van der Waals surface area contributed by atoms with Gasteiger partial charge >= 0.3 is 5.97 Å². The second kappa shape index (κ2) is 13.5. The van der Waals surface area contributed by atoms with E-state index in [0.717, 1.165) is 30.1 Å². The number of benzene rings is 2. The van der Waals surface area contributed by atoms with E-state index >= 15 is 0 Å². The zero-order valence-electron chi connectivity index (χ0n) is 24.9. The minimum absolute atomic E-state index is 0.0413. The molecule has 1 aliphatic rings. The first-order valence-electron chi connectivity index (χ1n) is 14.3. The SMILES string of the molecule is COc1cccc(-c2nc(COC(=O)C(C)(C)C)sc2-c2ccnc(Nc3ccc(OCCN4CCCC4)c(F)c3)n2)c1. The molecule has 0 spiro atoms. The summed E-state index contributed by atoms with van der Waals surface area (Å²) in [7, 11) is 1.61. The van der Waals surface area contributed by atoms with Crippen LogP contribution in [0.1, 0.15) is 38.6 Å². The van der Waals surface area contributed by atoms with Crippen LogP contribution in [-0.2, 0) is 16.1 Å². The summed E-state index contributed by atoms with van der Waals surface area (Å²) in [5, 5.41) is 3.72. The second-order valence-electron chi connectivity index (χ2n) is 11.3. The lowest BCUT2D eigenvalue weighted by Gasteiger charge is -2.15. The molecule has 0 aliphatic carbocycles. The number of likely N-dealkylation sites (tertiary alicyclic amines) is 1. The summed E-state index contributed by atoms with van der Waals surface area (Å²) >= 11 is 1.38. The lowest BCUT2D eigenvalue weighted by Crippen LogP contribution is -2.25. The molecule has 5 rings (SSSR count). The quantitative estimate of drug-likeness (QED) is 0.187. The van der Waals surface area contributed by atoms with E-state index in [9.17, 15) is 9.18 Å². The summed E-state index contributed by atoms with van der Waals surface area (Å²) in [5.74, 6) is 0.431. The number of halogens is 1. The fourth-order valence-electron chi connectivity index (χ4n) is 4.57. The third-order valence-electron chi connectivity index (χ3n) is 6.89. The number of carbonyl (C=O) groups is 1. The summed E-state index contributed by atoms with van der Waals surface area (Å²) in [6.45, 7) is 8.84. The third-order valence-corrected chi connectivity index (χ3v) is 7.95. The van der Waals surface area contributed by atoms with Crippen molar-refractivity contribution < 1.29 is 23.4 Å². The molecule has 0 saturated carbocycles. The Morgan fingerprint density at radius 1 is 1.09 bits per heavy atom. The molecule has 43 heavy (non-hydrogen) atoms. The molecule has 11 heteroatoms. The van der Waals surface area contributed by atoms with Crippen molar-refractivity contribution in [3.8, 4) is 33.3 Å². The molecule has 2 aromatic heterocycles. The van der Waals surface area contributed by atoms with Gasteiger partial charge in [-0.1, -0.05) is 12.1 Å². The van der Waals surface area contributed by atoms with Gasteiger partial charge in [0.05, 0.1) is 28.8 Å². The lowest BCUT2D eigenvalue weighted by molar-refractivity contribution is -0.154. The number of hydrogen-bond acceptors (Lipinski definition) is 10. The summed E-state index contributed by atoms with van der Waals surface area (Å²) in [6.07, 6.45) is 4.04. The number of esters is 1. The summed E-state index contributed by atoms with van der Waals surface area (Å²) in [5.41, 5.74) is 1.99. The number of ether oxygens (including phenoxy) is 3. The van der Waals surface area contributed by atoms with E-state index in [2.05, 4.69) is 15.2 Å². The van der Waals surface area contributed by atoms with Crippen molar-refractivity contribution >= 4 is 28.9 Å². The molecule has 0 unspecified atom stereocenters. The van der Waals surface area contributed by atoms with Crippen LogP contribution in [-0.4, -0.2) is 59.2 Å². The minimum atomic E-state index is -0.625. The van der Waals surface area contributed by atoms with E-state index in [0.29, 0.717) is 40.4 Å². The van der Waals surface area contributed by atoms with Crippen LogP contribution < -0.4 is 14.8 Å². The van der Waals surface area contributed by atoms with E-state index in [1.165, 1.54) is 30.2 Å². The number of nitrogens with one attached hydrogen (secondary N) is 1. The van der Waals surface area contributed by atoms with Crippen LogP contribution in [0, 0.1) is 11.2 Å². The summed E-state index contributed by atoms with van der Waals surface area (Å²) in [4.78, 5) is 29.4. The van der Waals surface area contributed by atoms with Crippen molar-refractivity contribution in [1.82, 2.24) is 19.9 Å². The number of thiazole rings is 1. The van der Waals surface area contributed by atoms with Crippen molar-refractivity contribution in [1.29, 1.82) is 0 Å². The molecule has 4 aromatic rings. The molecule has 0 bridgehead atoms. The van der Waals surface area contributed by atoms with Crippen LogP contribution in [0.3, 0.4) is 0 Å². The minimum Gasteiger partial charge on any atom is -0.497 e. The predicted octanol–water partition coefficient (Wildman–Crippen LogP) is 6.72. The topological polar surface area (TPSA) is 98.7 Å². The number of anilines is 2. The molecule has 226 valence electrons. The molecule has 0 radical (unpaired) electrons. The van der Waals surface area contributed by atoms with Gasteiger partial charge < -0.3 is 19.5 Å². The zero-order chi connectivity index (χ0) is 30.4. The maximum Gasteiger partial charge on any atom is 0.311 e. The van der Waals surface area contributed by atoms with E-state index < -0.39 is 11.2 Å². The normalized spacial score (nSPS) is 13.6. The van der Waals surface area contributed by atoms with Gasteiger partial charge in [-0.2, -0.15) is 0 Å². The Labute approximate surface area is 255 Å². The van der Waals surface area contributed by atoms with E-state index in [1.54, 1.807) is 31.5 Å². The van der Waals surface area contributed by atoms with Gasteiger partial charge in [0.25, 0.3) is 0 Å². The number of rotatable bonds is 11. The number of hydrogen-bond donors (Lipinski definition) is 1. The van der Waals surface area contributed by atoms with Gasteiger partial charge in [0, 0.05) is 30.1 Å². The smallest absolute Gasteiger partial charge is 0.311 e. The Bertz CT molecular complexity index is 1570. The Morgan fingerprint density at radius 3 is 2.65 bits per heavy atom. The van der Waals surface area contributed by atoms with Crippen molar-refractivity contribution in [2.45, 2.75) is 40.2 Å². The first-order chi connectivity index (χ1) is 20.7. The van der Waals surface area contributed by atoms with Crippen LogP contribution in [0.15, 0.2) is 54.7 Å². The molecule has 9 nitrogen and oxygen atoms in total. The number of aromatic nitrogens is 3. The van der Waals surface area contributed by atoms with Crippen LogP contribution in [0.4, 0.5) is 16.0 Å². The molecule has 0 atom stereocenters. The Kier molecular flexibility index (Phi) is 9.52. The Balaban J connectivity index is 1.35. The summed E-state index contributed by atoms with van der Waals surface area (Å²) < 4.78 is 31.5. The van der Waals surface area contributed by atoms with E-state index in [1.807, 2.05) is 45.0 Å². The maximum atomic E-state index is 14.8. The lowest BCUT2D eigenvalue weighted by atomic mass is 9.97. The molecule has 3 heterocycles. The van der Waals surface area contributed by atoms with Crippen molar-refractivity contribution in [3.63, 3.8) is 0 Å². The van der Waals surface area contributed by atoms with Gasteiger partial charge in [-0.3, -0.25) is 9.69 Å². The largest absolute Gasteiger partial charge is 0.497 e. The highest BCUT2D eigenvalue weighted by Gasteiger charge is 2.24. The molecule has 0 amide bonds. The molecule has 1 saturated heterocycles. The monoisotopic (exact) mass is 605 g/mol. The standard InChI is InChI=1S/C32H36FN5O4S/c1-32(2,3)30(39)42-20-27-37-28(21-8-7-9-23(18-21)40-4)29(43-27)25-12-13-34-31(36-25)35-22-10-11-26(24(33)19-22)41-17-16-38-14-5-6-15-38/h7-13,18-19H,5-6,14-17,20H2,1-4H3,(H,34,35,36). The highest BCUT2D eigenvalue weighted by Crippen LogP contribution is 2.38. The van der Waals surface area contributed by atoms with E-state index in [4.69, 9.17) is 24.2 Å². The van der Waals surface area contributed by atoms with Crippen LogP contribution >= 0.6 is 11.3 Å². The second-order valence-corrected chi connectivity index (χ2v) is 12.4. The zero-order valence-corrected chi connectivity index (χ0v) is 25.7. The van der Waals surface area contributed by atoms with Gasteiger partial charge in [-0.05, 0) is 77.0 Å². The molecule has 2 aromatic carbocycles. The van der Waals surface area contributed by atoms with Crippen LogP contribution in [0.2, 0.25) is 0 Å². The Morgan fingerprint density at radius 2 is 1.91 bits per heavy atom. The highest BCUT2D eigenvalue weighted by molar-refractivity contribution is 7.15. The number of methoxy groups -OCH3 is 1. The van der Waals surface area contributed by atoms with Crippen LogP contribution in [0.25, 0.3) is 21.8 Å². The third kappa shape index (κ3) is 7.85. The van der Waals surface area contributed by atoms with Gasteiger partial charge in [0.15, 0.2) is 11.6 Å². The highest BCUT2D eigenvalue weighted by atomic mass is 32.1. The van der Waals surface area contributed by atoms with E-state index in [-0.39, 0.29) is 18.3 Å². The molecular weight excluding hydrogens is 569 g/mol. The Hall–Kier alpha value is -4.09. The molecular formula is C32H36FN5O4S. The van der Waals surface area contributed by atoms with Crippen molar-refractivity contribution in [2.75, 3.05) is 38.7 Å². The molecule has 1 fully saturated rings. The van der Waals surface area contributed by atoms with Crippen molar-refractivity contribution in [3.05, 3.63) is 65.6 Å². The average molecular weight is 606 g/mol. The summed E-state index contributed by atoms with van der Waals surface area (Å²) in [6, 6.07) is 14.1. The fourth-order valence-corrected chi connectivity index (χ4v) is 5.54. The van der Waals surface area contributed by atoms with Gasteiger partial charge in [-0.25, -0.2) is 19.3 Å². The number of carbonyl (C=O) groups excluding carboxylic acids is 1. The maximum absolute atomic E-state index is 14.8. The predicted molar refractivity (Wildman–Crippen MR) is 165 cm³/mol. The number of nitrogens with zero attached hydrogens (tertiary/aromatic N) is 4. The molecule has 1 N–H and O–H groups in total. The molecule has 1 aliphatic heterocycles.